The van der Waals surface area contributed by atoms with E-state index in [1.165, 1.54) is 0 Å². The van der Waals surface area contributed by atoms with Crippen LogP contribution in [-0.4, -0.2) is 42.8 Å². The number of halogens is 3. The molecule has 0 saturated carbocycles. The Bertz CT molecular complexity index is 468. The minimum absolute atomic E-state index is 0.0684. The first-order chi connectivity index (χ1) is 11.2. The van der Waals surface area contributed by atoms with Crippen LogP contribution in [0.4, 0.5) is 13.2 Å². The predicted molar refractivity (Wildman–Crippen MR) is 81.1 cm³/mol. The summed E-state index contributed by atoms with van der Waals surface area (Å²) in [4.78, 5) is 24.1. The fourth-order valence-corrected chi connectivity index (χ4v) is 3.31. The number of alkyl halides is 3. The van der Waals surface area contributed by atoms with Gasteiger partial charge in [0.25, 0.3) is 0 Å². The van der Waals surface area contributed by atoms with E-state index in [1.807, 2.05) is 5.32 Å². The molecule has 2 saturated heterocycles. The molecule has 2 heterocycles. The van der Waals surface area contributed by atoms with Crippen LogP contribution in [0.5, 0.6) is 0 Å². The number of carbonyl (C=O) groups excluding carboxylic acids is 2. The minimum Gasteiger partial charge on any atom is -0.378 e. The van der Waals surface area contributed by atoms with E-state index in [9.17, 15) is 22.8 Å². The summed E-state index contributed by atoms with van der Waals surface area (Å²) in [5.74, 6) is -1.89. The summed E-state index contributed by atoms with van der Waals surface area (Å²) < 4.78 is 43.6. The van der Waals surface area contributed by atoms with Crippen molar-refractivity contribution in [2.45, 2.75) is 70.3 Å². The van der Waals surface area contributed by atoms with Gasteiger partial charge in [0.15, 0.2) is 0 Å². The maximum absolute atomic E-state index is 12.6. The highest BCUT2D eigenvalue weighted by Gasteiger charge is 2.46. The number of nitrogens with one attached hydrogen (secondary N) is 2. The van der Waals surface area contributed by atoms with Crippen LogP contribution in [0.1, 0.15) is 46.0 Å². The van der Waals surface area contributed by atoms with Crippen molar-refractivity contribution in [1.29, 1.82) is 0 Å². The van der Waals surface area contributed by atoms with Gasteiger partial charge in [-0.3, -0.25) is 9.59 Å². The molecule has 2 fully saturated rings. The summed E-state index contributed by atoms with van der Waals surface area (Å²) in [5.41, 5.74) is 0. The van der Waals surface area contributed by atoms with E-state index in [2.05, 4.69) is 19.2 Å². The van der Waals surface area contributed by atoms with Crippen molar-refractivity contribution in [3.05, 3.63) is 0 Å². The topological polar surface area (TPSA) is 67.4 Å². The van der Waals surface area contributed by atoms with Crippen LogP contribution in [0.3, 0.4) is 0 Å². The third-order valence-electron chi connectivity index (χ3n) is 4.54. The molecule has 24 heavy (non-hydrogen) atoms. The van der Waals surface area contributed by atoms with E-state index in [0.717, 1.165) is 6.42 Å². The van der Waals surface area contributed by atoms with E-state index >= 15 is 0 Å². The van der Waals surface area contributed by atoms with Crippen LogP contribution >= 0.6 is 0 Å². The van der Waals surface area contributed by atoms with Gasteiger partial charge in [0.1, 0.15) is 12.0 Å². The number of rotatable bonds is 4. The zero-order valence-corrected chi connectivity index (χ0v) is 14.0. The van der Waals surface area contributed by atoms with Crippen LogP contribution < -0.4 is 10.6 Å². The van der Waals surface area contributed by atoms with E-state index in [-0.39, 0.29) is 25.0 Å². The molecule has 138 valence electrons. The van der Waals surface area contributed by atoms with Gasteiger partial charge in [-0.25, -0.2) is 0 Å². The van der Waals surface area contributed by atoms with Crippen LogP contribution in [0, 0.1) is 11.8 Å². The van der Waals surface area contributed by atoms with E-state index in [0.29, 0.717) is 25.4 Å². The highest BCUT2D eigenvalue weighted by molar-refractivity contribution is 6.01. The van der Waals surface area contributed by atoms with E-state index in [4.69, 9.17) is 4.74 Å². The molecule has 2 rings (SSSR count). The number of hydrogen-bond donors (Lipinski definition) is 2. The van der Waals surface area contributed by atoms with Crippen molar-refractivity contribution in [3.8, 4) is 0 Å². The van der Waals surface area contributed by atoms with Crippen LogP contribution in [0.25, 0.3) is 0 Å². The van der Waals surface area contributed by atoms with Crippen molar-refractivity contribution in [2.24, 2.45) is 11.8 Å². The second-order valence-corrected chi connectivity index (χ2v) is 7.08. The SMILES string of the molecule is CC(C)CC1CC(NC(=O)C2CCC(C(F)(F)F)NC2=O)CCO1. The normalized spacial score (nSPS) is 31.7. The average Bonchev–Trinajstić information content (AvgIpc) is 2.45. The van der Waals surface area contributed by atoms with Gasteiger partial charge < -0.3 is 15.4 Å². The number of piperidine rings is 1. The monoisotopic (exact) mass is 350 g/mol. The maximum atomic E-state index is 12.6. The molecule has 0 spiro atoms. The van der Waals surface area contributed by atoms with Crippen LogP contribution in [-0.2, 0) is 14.3 Å². The third-order valence-corrected chi connectivity index (χ3v) is 4.54. The molecule has 2 N–H and O–H groups in total. The first-order valence-corrected chi connectivity index (χ1v) is 8.46. The molecular formula is C16H25F3N2O3. The van der Waals surface area contributed by atoms with Crippen molar-refractivity contribution in [1.82, 2.24) is 10.6 Å². The Hall–Kier alpha value is -1.31. The predicted octanol–water partition coefficient (Wildman–Crippen LogP) is 2.15. The Balaban J connectivity index is 1.85. The fourth-order valence-electron chi connectivity index (χ4n) is 3.31. The lowest BCUT2D eigenvalue weighted by atomic mass is 9.91. The molecule has 0 aliphatic carbocycles. The number of amides is 2. The highest BCUT2D eigenvalue weighted by atomic mass is 19.4. The molecule has 2 aliphatic heterocycles. The largest absolute Gasteiger partial charge is 0.408 e. The van der Waals surface area contributed by atoms with Crippen molar-refractivity contribution >= 4 is 11.8 Å². The van der Waals surface area contributed by atoms with Gasteiger partial charge in [0.2, 0.25) is 11.8 Å². The molecule has 4 unspecified atom stereocenters. The maximum Gasteiger partial charge on any atom is 0.408 e. The summed E-state index contributed by atoms with van der Waals surface area (Å²) in [6, 6.07) is -1.95. The standard InChI is InChI=1S/C16H25F3N2O3/c1-9(2)7-11-8-10(5-6-24-11)20-14(22)12-3-4-13(16(17,18)19)21-15(12)23/h9-13H,3-8H2,1-2H3,(H,20,22)(H,21,23). The Morgan fingerprint density at radius 1 is 1.33 bits per heavy atom. The van der Waals surface area contributed by atoms with Crippen molar-refractivity contribution in [2.75, 3.05) is 6.61 Å². The second-order valence-electron chi connectivity index (χ2n) is 7.08. The summed E-state index contributed by atoms with van der Waals surface area (Å²) in [7, 11) is 0. The first kappa shape index (κ1) is 19.0. The van der Waals surface area contributed by atoms with Crippen molar-refractivity contribution in [3.63, 3.8) is 0 Å². The third kappa shape index (κ3) is 5.09. The molecule has 0 aromatic heterocycles. The Morgan fingerprint density at radius 3 is 2.62 bits per heavy atom. The van der Waals surface area contributed by atoms with E-state index in [1.54, 1.807) is 0 Å². The van der Waals surface area contributed by atoms with Gasteiger partial charge >= 0.3 is 6.18 Å². The van der Waals surface area contributed by atoms with Crippen LogP contribution in [0.2, 0.25) is 0 Å². The van der Waals surface area contributed by atoms with Gasteiger partial charge in [0.05, 0.1) is 6.10 Å². The number of carbonyl (C=O) groups is 2. The molecule has 4 atom stereocenters. The second kappa shape index (κ2) is 7.72. The summed E-state index contributed by atoms with van der Waals surface area (Å²) in [5, 5.41) is 4.72. The minimum atomic E-state index is -4.47. The summed E-state index contributed by atoms with van der Waals surface area (Å²) in [6.45, 7) is 4.72. The smallest absolute Gasteiger partial charge is 0.378 e. The van der Waals surface area contributed by atoms with Gasteiger partial charge in [-0.15, -0.1) is 0 Å². The molecule has 0 aromatic carbocycles. The van der Waals surface area contributed by atoms with Crippen LogP contribution in [0.15, 0.2) is 0 Å². The molecular weight excluding hydrogens is 325 g/mol. The summed E-state index contributed by atoms with van der Waals surface area (Å²) >= 11 is 0. The molecule has 0 bridgehead atoms. The van der Waals surface area contributed by atoms with Gasteiger partial charge in [0, 0.05) is 12.6 Å². The Morgan fingerprint density at radius 2 is 2.04 bits per heavy atom. The quantitative estimate of drug-likeness (QED) is 0.764. The van der Waals surface area contributed by atoms with Gasteiger partial charge in [-0.1, -0.05) is 13.8 Å². The average molecular weight is 350 g/mol. The molecule has 0 aromatic rings. The molecule has 0 radical (unpaired) electrons. The van der Waals surface area contributed by atoms with Gasteiger partial charge in [-0.2, -0.15) is 13.2 Å². The van der Waals surface area contributed by atoms with Gasteiger partial charge in [-0.05, 0) is 38.0 Å². The molecule has 8 heteroatoms. The lowest BCUT2D eigenvalue weighted by Gasteiger charge is -2.33. The fraction of sp³-hybridized carbons (Fsp3) is 0.875. The molecule has 5 nitrogen and oxygen atoms in total. The lowest BCUT2D eigenvalue weighted by Crippen LogP contribution is -2.55. The number of ether oxygens (including phenoxy) is 1. The highest BCUT2D eigenvalue weighted by Crippen LogP contribution is 2.29. The molecule has 2 aliphatic rings. The molecule has 2 amide bonds. The van der Waals surface area contributed by atoms with Crippen molar-refractivity contribution < 1.29 is 27.5 Å². The summed E-state index contributed by atoms with van der Waals surface area (Å²) in [6.07, 6.45) is -2.54. The first-order valence-electron chi connectivity index (χ1n) is 8.46. The Labute approximate surface area is 139 Å². The van der Waals surface area contributed by atoms with E-state index < -0.39 is 30.0 Å². The lowest BCUT2D eigenvalue weighted by molar-refractivity contribution is -0.171. The zero-order chi connectivity index (χ0) is 17.9. The number of hydrogen-bond acceptors (Lipinski definition) is 3. The Kier molecular flexibility index (Phi) is 6.11. The zero-order valence-electron chi connectivity index (χ0n) is 14.0.